The molecule has 0 saturated carbocycles. The first-order valence-corrected chi connectivity index (χ1v) is 14.7. The van der Waals surface area contributed by atoms with E-state index in [9.17, 15) is 5.11 Å². The van der Waals surface area contributed by atoms with E-state index in [0.29, 0.717) is 26.4 Å². The number of ether oxygens (including phenoxy) is 3. The maximum atomic E-state index is 10.7. The van der Waals surface area contributed by atoms with Crippen molar-refractivity contribution in [2.24, 2.45) is 0 Å². The summed E-state index contributed by atoms with van der Waals surface area (Å²) in [5.41, 5.74) is 4.63. The van der Waals surface area contributed by atoms with Gasteiger partial charge in [-0.2, -0.15) is 0 Å². The summed E-state index contributed by atoms with van der Waals surface area (Å²) in [5, 5.41) is 10.7. The van der Waals surface area contributed by atoms with Crippen LogP contribution in [0.2, 0.25) is 0 Å². The maximum absolute atomic E-state index is 10.7. The minimum atomic E-state index is -0.366. The third kappa shape index (κ3) is 8.59. The molecule has 0 amide bonds. The molecule has 1 heterocycles. The standard InChI is InChI=1S/C36H41NO4/c38-25-33-35(40-27-31-18-9-3-10-19-31)36(41-28-32-20-11-4-12-21-32)34(39-26-30-16-7-2-8-17-30)24-37(33)23-13-22-29-14-5-1-6-15-29/h1-12,14-21,33-36,38H,13,22-28H2/t33-,34+,35-,36-/m1/s1. The van der Waals surface area contributed by atoms with Crippen molar-refractivity contribution in [1.82, 2.24) is 4.90 Å². The van der Waals surface area contributed by atoms with E-state index in [2.05, 4.69) is 71.6 Å². The second-order valence-electron chi connectivity index (χ2n) is 10.7. The fourth-order valence-electron chi connectivity index (χ4n) is 5.58. The number of hydrogen-bond acceptors (Lipinski definition) is 5. The molecule has 4 aromatic rings. The molecule has 1 fully saturated rings. The topological polar surface area (TPSA) is 51.2 Å². The lowest BCUT2D eigenvalue weighted by Gasteiger charge is -2.48. The first-order valence-electron chi connectivity index (χ1n) is 14.7. The summed E-state index contributed by atoms with van der Waals surface area (Å²) < 4.78 is 19.9. The van der Waals surface area contributed by atoms with E-state index in [0.717, 1.165) is 36.1 Å². The Morgan fingerprint density at radius 2 is 1.00 bits per heavy atom. The van der Waals surface area contributed by atoms with Gasteiger partial charge in [0.05, 0.1) is 38.6 Å². The quantitative estimate of drug-likeness (QED) is 0.207. The second-order valence-corrected chi connectivity index (χ2v) is 10.7. The van der Waals surface area contributed by atoms with Crippen LogP contribution in [0, 0.1) is 0 Å². The van der Waals surface area contributed by atoms with Crippen molar-refractivity contribution in [3.8, 4) is 0 Å². The second kappa shape index (κ2) is 15.6. The molecule has 0 aliphatic carbocycles. The summed E-state index contributed by atoms with van der Waals surface area (Å²) in [6.45, 7) is 2.87. The van der Waals surface area contributed by atoms with Gasteiger partial charge in [0.15, 0.2) is 0 Å². The van der Waals surface area contributed by atoms with Crippen molar-refractivity contribution < 1.29 is 19.3 Å². The summed E-state index contributed by atoms with van der Waals surface area (Å²) in [4.78, 5) is 2.34. The highest BCUT2D eigenvalue weighted by Crippen LogP contribution is 2.29. The van der Waals surface area contributed by atoms with Crippen molar-refractivity contribution >= 4 is 0 Å². The smallest absolute Gasteiger partial charge is 0.113 e. The Bertz CT molecular complexity index is 1260. The SMILES string of the molecule is OC[C@@H]1[C@@H](OCc2ccccc2)[C@H](OCc2ccccc2)[C@@H](OCc2ccccc2)CN1CCCc1ccccc1. The van der Waals surface area contributed by atoms with Gasteiger partial charge in [-0.25, -0.2) is 0 Å². The summed E-state index contributed by atoms with van der Waals surface area (Å²) in [6.07, 6.45) is 1.03. The van der Waals surface area contributed by atoms with Crippen LogP contribution >= 0.6 is 0 Å². The summed E-state index contributed by atoms with van der Waals surface area (Å²) in [6, 6.07) is 41.0. The Hall–Kier alpha value is -3.32. The van der Waals surface area contributed by atoms with Crippen LogP contribution in [0.3, 0.4) is 0 Å². The van der Waals surface area contributed by atoms with Gasteiger partial charge in [0.1, 0.15) is 12.2 Å². The molecule has 5 heteroatoms. The Labute approximate surface area is 244 Å². The molecule has 5 nitrogen and oxygen atoms in total. The Balaban J connectivity index is 1.37. The highest BCUT2D eigenvalue weighted by molar-refractivity contribution is 5.17. The molecule has 1 saturated heterocycles. The average Bonchev–Trinajstić information content (AvgIpc) is 3.04. The van der Waals surface area contributed by atoms with E-state index < -0.39 is 0 Å². The van der Waals surface area contributed by atoms with Crippen molar-refractivity contribution in [1.29, 1.82) is 0 Å². The van der Waals surface area contributed by atoms with Crippen LogP contribution in [-0.4, -0.2) is 54.1 Å². The van der Waals surface area contributed by atoms with E-state index in [1.165, 1.54) is 5.56 Å². The molecule has 1 aliphatic rings. The summed E-state index contributed by atoms with van der Waals surface area (Å²) in [5.74, 6) is 0. The molecule has 0 unspecified atom stereocenters. The molecule has 0 spiro atoms. The lowest BCUT2D eigenvalue weighted by molar-refractivity contribution is -0.207. The van der Waals surface area contributed by atoms with Gasteiger partial charge in [0.2, 0.25) is 0 Å². The summed E-state index contributed by atoms with van der Waals surface area (Å²) in [7, 11) is 0. The zero-order chi connectivity index (χ0) is 28.1. The van der Waals surface area contributed by atoms with Gasteiger partial charge in [-0.3, -0.25) is 4.90 Å². The predicted octanol–water partition coefficient (Wildman–Crippen LogP) is 6.05. The third-order valence-electron chi connectivity index (χ3n) is 7.77. The number of hydrogen-bond donors (Lipinski definition) is 1. The first kappa shape index (κ1) is 29.2. The number of benzene rings is 4. The van der Waals surface area contributed by atoms with Crippen LogP contribution in [0.15, 0.2) is 121 Å². The molecular formula is C36H41NO4. The Morgan fingerprint density at radius 1 is 0.561 bits per heavy atom. The van der Waals surface area contributed by atoms with Gasteiger partial charge in [0.25, 0.3) is 0 Å². The Morgan fingerprint density at radius 3 is 1.49 bits per heavy atom. The van der Waals surface area contributed by atoms with Gasteiger partial charge < -0.3 is 19.3 Å². The van der Waals surface area contributed by atoms with Crippen molar-refractivity contribution in [2.45, 2.75) is 57.0 Å². The number of nitrogens with zero attached hydrogens (tertiary/aromatic N) is 1. The fraction of sp³-hybridized carbons (Fsp3) is 0.333. The average molecular weight is 552 g/mol. The van der Waals surface area contributed by atoms with Crippen LogP contribution in [0.1, 0.15) is 28.7 Å². The molecule has 5 rings (SSSR count). The summed E-state index contributed by atoms with van der Waals surface area (Å²) >= 11 is 0. The molecule has 0 bridgehead atoms. The van der Waals surface area contributed by atoms with Gasteiger partial charge in [-0.1, -0.05) is 121 Å². The molecule has 4 atom stereocenters. The number of aliphatic hydroxyl groups is 1. The highest BCUT2D eigenvalue weighted by atomic mass is 16.6. The molecule has 1 aliphatic heterocycles. The van der Waals surface area contributed by atoms with Gasteiger partial charge >= 0.3 is 0 Å². The lowest BCUT2D eigenvalue weighted by Crippen LogP contribution is -2.64. The van der Waals surface area contributed by atoms with E-state index in [4.69, 9.17) is 14.2 Å². The molecule has 214 valence electrons. The Kier molecular flexibility index (Phi) is 11.1. The first-order chi connectivity index (χ1) is 20.3. The van der Waals surface area contributed by atoms with Crippen molar-refractivity contribution in [3.63, 3.8) is 0 Å². The van der Waals surface area contributed by atoms with Crippen LogP contribution in [0.25, 0.3) is 0 Å². The normalized spacial score (nSPS) is 21.1. The van der Waals surface area contributed by atoms with E-state index in [-0.39, 0.29) is 31.0 Å². The van der Waals surface area contributed by atoms with Crippen LogP contribution < -0.4 is 0 Å². The van der Waals surface area contributed by atoms with Gasteiger partial charge in [-0.05, 0) is 41.6 Å². The highest BCUT2D eigenvalue weighted by Gasteiger charge is 2.45. The number of likely N-dealkylation sites (tertiary alicyclic amines) is 1. The zero-order valence-corrected chi connectivity index (χ0v) is 23.6. The predicted molar refractivity (Wildman–Crippen MR) is 162 cm³/mol. The van der Waals surface area contributed by atoms with Crippen LogP contribution in [0.4, 0.5) is 0 Å². The monoisotopic (exact) mass is 551 g/mol. The molecule has 1 N–H and O–H groups in total. The molecule has 0 aromatic heterocycles. The third-order valence-corrected chi connectivity index (χ3v) is 7.77. The molecule has 4 aromatic carbocycles. The van der Waals surface area contributed by atoms with Crippen LogP contribution in [-0.2, 0) is 40.5 Å². The van der Waals surface area contributed by atoms with Crippen molar-refractivity contribution in [3.05, 3.63) is 144 Å². The minimum absolute atomic E-state index is 0.0125. The van der Waals surface area contributed by atoms with E-state index in [1.807, 2.05) is 54.6 Å². The molecule has 41 heavy (non-hydrogen) atoms. The lowest BCUT2D eigenvalue weighted by atomic mass is 9.92. The maximum Gasteiger partial charge on any atom is 0.113 e. The molecule has 0 radical (unpaired) electrons. The van der Waals surface area contributed by atoms with Crippen LogP contribution in [0.5, 0.6) is 0 Å². The largest absolute Gasteiger partial charge is 0.395 e. The van der Waals surface area contributed by atoms with E-state index in [1.54, 1.807) is 0 Å². The number of aliphatic hydroxyl groups excluding tert-OH is 1. The zero-order valence-electron chi connectivity index (χ0n) is 23.6. The number of piperidine rings is 1. The van der Waals surface area contributed by atoms with Gasteiger partial charge in [0, 0.05) is 6.54 Å². The van der Waals surface area contributed by atoms with Gasteiger partial charge in [-0.15, -0.1) is 0 Å². The van der Waals surface area contributed by atoms with E-state index >= 15 is 0 Å². The number of aryl methyl sites for hydroxylation is 1. The fourth-order valence-corrected chi connectivity index (χ4v) is 5.58. The molecular weight excluding hydrogens is 510 g/mol. The van der Waals surface area contributed by atoms with Crippen molar-refractivity contribution in [2.75, 3.05) is 19.7 Å². The number of rotatable bonds is 14. The minimum Gasteiger partial charge on any atom is -0.395 e.